The molecule has 1 aliphatic carbocycles. The molecule has 0 spiro atoms. The maximum atomic E-state index is 12.6. The summed E-state index contributed by atoms with van der Waals surface area (Å²) >= 11 is 1.23. The highest BCUT2D eigenvalue weighted by molar-refractivity contribution is 8.04. The van der Waals surface area contributed by atoms with Gasteiger partial charge in [-0.15, -0.1) is 0 Å². The normalized spacial score (nSPS) is 16.2. The Bertz CT molecular complexity index is 660. The molecule has 0 heterocycles. The molecular weight excluding hydrogens is 352 g/mol. The maximum absolute atomic E-state index is 12.6. The molecule has 1 aromatic rings. The summed E-state index contributed by atoms with van der Waals surface area (Å²) in [4.78, 5) is 25.3. The number of allylic oxidation sites excluding steroid dienone is 2. The van der Waals surface area contributed by atoms with Crippen molar-refractivity contribution in [1.29, 1.82) is 0 Å². The molecule has 0 aliphatic heterocycles. The third kappa shape index (κ3) is 6.59. The van der Waals surface area contributed by atoms with Gasteiger partial charge in [0, 0.05) is 4.90 Å². The van der Waals surface area contributed by atoms with Gasteiger partial charge in [-0.3, -0.25) is 0 Å². The number of ether oxygens (including phenoxy) is 2. The van der Waals surface area contributed by atoms with E-state index < -0.39 is 17.7 Å². The predicted molar refractivity (Wildman–Crippen MR) is 101 cm³/mol. The van der Waals surface area contributed by atoms with Crippen LogP contribution in [0.5, 0.6) is 0 Å². The van der Waals surface area contributed by atoms with Gasteiger partial charge in [0.1, 0.15) is 6.10 Å². The molecule has 2 rings (SSSR count). The smallest absolute Gasteiger partial charge is 0.373 e. The lowest BCUT2D eigenvalue weighted by atomic mass is 9.98. The van der Waals surface area contributed by atoms with Gasteiger partial charge in [0.05, 0.1) is 11.5 Å². The Balaban J connectivity index is 2.14. The van der Waals surface area contributed by atoms with Crippen molar-refractivity contribution >= 4 is 23.7 Å². The minimum atomic E-state index is -0.826. The first kappa shape index (κ1) is 20.1. The molecule has 0 saturated heterocycles. The monoisotopic (exact) mass is 376 g/mol. The third-order valence-electron chi connectivity index (χ3n) is 3.88. The van der Waals surface area contributed by atoms with Gasteiger partial charge in [0.2, 0.25) is 5.76 Å². The summed E-state index contributed by atoms with van der Waals surface area (Å²) in [6.45, 7) is 1.81. The van der Waals surface area contributed by atoms with E-state index >= 15 is 0 Å². The van der Waals surface area contributed by atoms with Gasteiger partial charge in [-0.1, -0.05) is 36.4 Å². The Morgan fingerprint density at radius 3 is 2.46 bits per heavy atom. The van der Waals surface area contributed by atoms with Crippen molar-refractivity contribution in [1.82, 2.24) is 0 Å². The van der Waals surface area contributed by atoms with Gasteiger partial charge in [-0.2, -0.15) is 0 Å². The second-order valence-corrected chi connectivity index (χ2v) is 7.00. The fourth-order valence-electron chi connectivity index (χ4n) is 2.58. The van der Waals surface area contributed by atoms with Crippen LogP contribution in [0.15, 0.2) is 58.0 Å². The second kappa shape index (κ2) is 10.7. The molecule has 0 unspecified atom stereocenters. The average molecular weight is 376 g/mol. The number of esters is 2. The zero-order valence-electron chi connectivity index (χ0n) is 14.8. The van der Waals surface area contributed by atoms with Gasteiger partial charge in [-0.05, 0) is 56.9 Å². The first-order valence-electron chi connectivity index (χ1n) is 8.82. The predicted octanol–water partition coefficient (Wildman–Crippen LogP) is 4.54. The van der Waals surface area contributed by atoms with Crippen molar-refractivity contribution in [2.75, 3.05) is 6.61 Å². The maximum Gasteiger partial charge on any atom is 0.373 e. The molecule has 1 N–H and O–H groups in total. The molecule has 0 aromatic heterocycles. The summed E-state index contributed by atoms with van der Waals surface area (Å²) in [5.41, 5.74) is 0. The van der Waals surface area contributed by atoms with Gasteiger partial charge < -0.3 is 14.6 Å². The van der Waals surface area contributed by atoms with Crippen LogP contribution in [0.3, 0.4) is 0 Å². The molecule has 0 bridgehead atoms. The Labute approximate surface area is 158 Å². The van der Waals surface area contributed by atoms with Crippen molar-refractivity contribution in [2.24, 2.45) is 0 Å². The summed E-state index contributed by atoms with van der Waals surface area (Å²) in [5, 5.41) is 9.75. The van der Waals surface area contributed by atoms with E-state index in [1.54, 1.807) is 6.92 Å². The Kier molecular flexibility index (Phi) is 8.28. The van der Waals surface area contributed by atoms with Crippen LogP contribution in [0.2, 0.25) is 0 Å². The Hall–Kier alpha value is -2.21. The summed E-state index contributed by atoms with van der Waals surface area (Å²) in [7, 11) is 0. The van der Waals surface area contributed by atoms with E-state index in [0.29, 0.717) is 4.91 Å². The van der Waals surface area contributed by atoms with Crippen LogP contribution in [0.4, 0.5) is 0 Å². The van der Waals surface area contributed by atoms with E-state index in [2.05, 4.69) is 0 Å². The third-order valence-corrected chi connectivity index (χ3v) is 4.91. The molecule has 1 aliphatic rings. The number of aliphatic hydroxyl groups excluding tert-OH is 1. The van der Waals surface area contributed by atoms with Crippen molar-refractivity contribution in [2.45, 2.75) is 50.0 Å². The first-order chi connectivity index (χ1) is 12.6. The number of aliphatic hydroxyl groups is 1. The van der Waals surface area contributed by atoms with E-state index in [0.717, 1.165) is 30.6 Å². The molecule has 1 fully saturated rings. The van der Waals surface area contributed by atoms with Crippen LogP contribution >= 0.6 is 11.8 Å². The van der Waals surface area contributed by atoms with Crippen LogP contribution in [0, 0.1) is 0 Å². The summed E-state index contributed by atoms with van der Waals surface area (Å²) in [5.74, 6) is -1.82. The minimum Gasteiger partial charge on any atom is -0.502 e. The lowest BCUT2D eigenvalue weighted by Gasteiger charge is -2.22. The van der Waals surface area contributed by atoms with Crippen molar-refractivity contribution in [3.8, 4) is 0 Å². The largest absolute Gasteiger partial charge is 0.502 e. The molecule has 6 heteroatoms. The molecule has 0 radical (unpaired) electrons. The number of thioether (sulfide) groups is 1. The van der Waals surface area contributed by atoms with Crippen LogP contribution in [0.1, 0.15) is 39.0 Å². The quantitative estimate of drug-likeness (QED) is 0.248. The van der Waals surface area contributed by atoms with E-state index in [1.165, 1.54) is 30.3 Å². The first-order valence-corrected chi connectivity index (χ1v) is 9.63. The number of hydrogen-bond acceptors (Lipinski definition) is 6. The molecule has 26 heavy (non-hydrogen) atoms. The average Bonchev–Trinajstić information content (AvgIpc) is 2.66. The van der Waals surface area contributed by atoms with Gasteiger partial charge in [0.25, 0.3) is 0 Å². The SMILES string of the molecule is CCOC(=O)C(O)=CC=C(Sc1ccccc1)C(=O)OC1CCCCC1. The van der Waals surface area contributed by atoms with E-state index in [1.807, 2.05) is 30.3 Å². The number of carbonyl (C=O) groups is 2. The van der Waals surface area contributed by atoms with Crippen molar-refractivity contribution in [3.05, 3.63) is 53.1 Å². The zero-order valence-corrected chi connectivity index (χ0v) is 15.7. The van der Waals surface area contributed by atoms with Crippen LogP contribution in [0.25, 0.3) is 0 Å². The van der Waals surface area contributed by atoms with Crippen LogP contribution in [-0.4, -0.2) is 29.8 Å². The fourth-order valence-corrected chi connectivity index (χ4v) is 3.39. The highest BCUT2D eigenvalue weighted by atomic mass is 32.2. The summed E-state index contributed by atoms with van der Waals surface area (Å²) in [6.07, 6.45) is 7.54. The van der Waals surface area contributed by atoms with Crippen LogP contribution < -0.4 is 0 Å². The number of rotatable bonds is 7. The van der Waals surface area contributed by atoms with Crippen molar-refractivity contribution in [3.63, 3.8) is 0 Å². The molecule has 5 nitrogen and oxygen atoms in total. The summed E-state index contributed by atoms with van der Waals surface area (Å²) in [6, 6.07) is 9.39. The number of hydrogen-bond donors (Lipinski definition) is 1. The lowest BCUT2D eigenvalue weighted by Crippen LogP contribution is -2.21. The number of carbonyl (C=O) groups excluding carboxylic acids is 2. The topological polar surface area (TPSA) is 72.8 Å². The van der Waals surface area contributed by atoms with Gasteiger partial charge in [0.15, 0.2) is 0 Å². The summed E-state index contributed by atoms with van der Waals surface area (Å²) < 4.78 is 10.3. The molecule has 1 aromatic carbocycles. The minimum absolute atomic E-state index is 0.0707. The van der Waals surface area contributed by atoms with Gasteiger partial charge in [-0.25, -0.2) is 9.59 Å². The fraction of sp³-hybridized carbons (Fsp3) is 0.400. The molecular formula is C20H24O5S. The van der Waals surface area contributed by atoms with E-state index in [4.69, 9.17) is 9.47 Å². The highest BCUT2D eigenvalue weighted by Gasteiger charge is 2.21. The molecule has 140 valence electrons. The molecule has 0 amide bonds. The van der Waals surface area contributed by atoms with E-state index in [-0.39, 0.29) is 12.7 Å². The second-order valence-electron chi connectivity index (χ2n) is 5.88. The lowest BCUT2D eigenvalue weighted by molar-refractivity contribution is -0.145. The standard InChI is InChI=1S/C20H24O5S/c1-2-24-19(22)17(21)13-14-18(26-16-11-7-4-8-12-16)20(23)25-15-9-5-3-6-10-15/h4,7-8,11-15,21H,2-3,5-6,9-10H2,1H3. The number of benzene rings is 1. The molecule has 1 saturated carbocycles. The van der Waals surface area contributed by atoms with Gasteiger partial charge >= 0.3 is 11.9 Å². The highest BCUT2D eigenvalue weighted by Crippen LogP contribution is 2.29. The molecule has 0 atom stereocenters. The van der Waals surface area contributed by atoms with E-state index in [9.17, 15) is 14.7 Å². The Morgan fingerprint density at radius 2 is 1.81 bits per heavy atom. The Morgan fingerprint density at radius 1 is 1.12 bits per heavy atom. The van der Waals surface area contributed by atoms with Crippen LogP contribution in [-0.2, 0) is 19.1 Å². The zero-order chi connectivity index (χ0) is 18.8. The van der Waals surface area contributed by atoms with Crippen molar-refractivity contribution < 1.29 is 24.2 Å².